The number of nitrogens with one attached hydrogen (secondary N) is 4. The summed E-state index contributed by atoms with van der Waals surface area (Å²) < 4.78 is 0. The van der Waals surface area contributed by atoms with Gasteiger partial charge in [0.1, 0.15) is 17.8 Å². The van der Waals surface area contributed by atoms with E-state index < -0.39 is 60.8 Å². The molecule has 0 aliphatic rings. The van der Waals surface area contributed by atoms with E-state index in [9.17, 15) is 34.2 Å². The third kappa shape index (κ3) is 11.0. The summed E-state index contributed by atoms with van der Waals surface area (Å²) in [5.74, 6) is -3.56. The summed E-state index contributed by atoms with van der Waals surface area (Å²) in [4.78, 5) is 62.7. The Morgan fingerprint density at radius 1 is 0.750 bits per heavy atom. The van der Waals surface area contributed by atoms with Crippen LogP contribution in [0, 0.1) is 33.6 Å². The predicted octanol–water partition coefficient (Wildman–Crippen LogP) is 1.07. The first-order valence-corrected chi connectivity index (χ1v) is 14.6. The zero-order valence-electron chi connectivity index (χ0n) is 26.2. The lowest BCUT2D eigenvalue weighted by molar-refractivity contribution is -0.142. The molecule has 4 amide bonds. The minimum absolute atomic E-state index is 0.00866. The Balaban J connectivity index is 1.99. The Kier molecular flexibility index (Phi) is 13.3. The average Bonchev–Trinajstić information content (AvgIpc) is 2.92. The molecule has 0 aromatic heterocycles. The van der Waals surface area contributed by atoms with Gasteiger partial charge in [-0.1, -0.05) is 32.0 Å². The summed E-state index contributed by atoms with van der Waals surface area (Å²) in [6.45, 7) is 10.2. The van der Waals surface area contributed by atoms with Crippen molar-refractivity contribution in [3.05, 3.63) is 63.7 Å². The van der Waals surface area contributed by atoms with Crippen molar-refractivity contribution in [2.45, 2.75) is 78.9 Å². The number of carbonyl (C=O) groups excluding carboxylic acids is 4. The van der Waals surface area contributed by atoms with Gasteiger partial charge in [-0.05, 0) is 92.0 Å². The van der Waals surface area contributed by atoms with E-state index in [1.54, 1.807) is 26.0 Å². The molecule has 8 N–H and O–H groups in total. The van der Waals surface area contributed by atoms with Crippen LogP contribution in [0.1, 0.15) is 53.6 Å². The molecule has 0 saturated carbocycles. The van der Waals surface area contributed by atoms with E-state index in [2.05, 4.69) is 21.3 Å². The maximum atomic E-state index is 13.2. The Morgan fingerprint density at radius 2 is 1.30 bits per heavy atom. The lowest BCUT2D eigenvalue weighted by Crippen LogP contribution is -2.54. The van der Waals surface area contributed by atoms with Crippen molar-refractivity contribution in [2.75, 3.05) is 13.1 Å². The molecule has 0 heterocycles. The van der Waals surface area contributed by atoms with Gasteiger partial charge in [0.2, 0.25) is 23.6 Å². The van der Waals surface area contributed by atoms with E-state index >= 15 is 0 Å². The Hall–Kier alpha value is -4.45. The number of carboxylic acids is 1. The van der Waals surface area contributed by atoms with Crippen LogP contribution in [0.15, 0.2) is 30.3 Å². The molecular weight excluding hydrogens is 566 g/mol. The zero-order valence-corrected chi connectivity index (χ0v) is 26.2. The fourth-order valence-corrected chi connectivity index (χ4v) is 4.94. The van der Waals surface area contributed by atoms with E-state index in [0.717, 1.165) is 33.4 Å². The molecule has 0 spiro atoms. The molecule has 44 heavy (non-hydrogen) atoms. The summed E-state index contributed by atoms with van der Waals surface area (Å²) in [7, 11) is 0. The minimum Gasteiger partial charge on any atom is -0.508 e. The molecule has 12 nitrogen and oxygen atoms in total. The fourth-order valence-electron chi connectivity index (χ4n) is 4.94. The van der Waals surface area contributed by atoms with Crippen LogP contribution in [-0.4, -0.2) is 71.0 Å². The summed E-state index contributed by atoms with van der Waals surface area (Å²) in [6.07, 6.45) is 0.536. The molecular formula is C32H45N5O7. The molecule has 2 rings (SSSR count). The van der Waals surface area contributed by atoms with Gasteiger partial charge >= 0.3 is 5.97 Å². The van der Waals surface area contributed by atoms with Crippen molar-refractivity contribution in [3.63, 3.8) is 0 Å². The average molecular weight is 612 g/mol. The normalized spacial score (nSPS) is 13.0. The van der Waals surface area contributed by atoms with Gasteiger partial charge in [-0.3, -0.25) is 19.2 Å². The maximum Gasteiger partial charge on any atom is 0.326 e. The SMILES string of the molecule is Cc1cc(O)cc(C)c1C[C@H](N)C(=O)NCC(=O)NCC(=O)N[C@H](Cc1c(C)cccc1C)C(=O)N[C@@H](CC(C)C)C(=O)O. The molecule has 0 radical (unpaired) electrons. The number of aromatic hydroxyl groups is 1. The Morgan fingerprint density at radius 3 is 1.84 bits per heavy atom. The van der Waals surface area contributed by atoms with Crippen LogP contribution < -0.4 is 27.0 Å². The summed E-state index contributed by atoms with van der Waals surface area (Å²) in [5.41, 5.74) is 11.1. The van der Waals surface area contributed by atoms with Crippen LogP contribution in [0.5, 0.6) is 5.75 Å². The van der Waals surface area contributed by atoms with Crippen LogP contribution >= 0.6 is 0 Å². The predicted molar refractivity (Wildman–Crippen MR) is 166 cm³/mol. The van der Waals surface area contributed by atoms with Crippen molar-refractivity contribution >= 4 is 29.6 Å². The highest BCUT2D eigenvalue weighted by atomic mass is 16.4. The van der Waals surface area contributed by atoms with E-state index in [0.29, 0.717) is 0 Å². The van der Waals surface area contributed by atoms with Gasteiger partial charge in [0, 0.05) is 6.42 Å². The number of nitrogens with two attached hydrogens (primary N) is 1. The number of carbonyl (C=O) groups is 5. The first-order valence-electron chi connectivity index (χ1n) is 14.6. The number of carboxylic acid groups (broad SMARTS) is 1. The number of aliphatic carboxylic acids is 1. The molecule has 2 aromatic rings. The molecule has 0 unspecified atom stereocenters. The van der Waals surface area contributed by atoms with Gasteiger partial charge in [0.15, 0.2) is 0 Å². The van der Waals surface area contributed by atoms with Crippen molar-refractivity contribution in [3.8, 4) is 5.75 Å². The van der Waals surface area contributed by atoms with Crippen LogP contribution in [0.4, 0.5) is 0 Å². The van der Waals surface area contributed by atoms with Gasteiger partial charge in [0.05, 0.1) is 19.1 Å². The smallest absolute Gasteiger partial charge is 0.326 e. The van der Waals surface area contributed by atoms with Gasteiger partial charge in [-0.25, -0.2) is 4.79 Å². The quantitative estimate of drug-likeness (QED) is 0.155. The third-order valence-electron chi connectivity index (χ3n) is 7.34. The number of hydrogen-bond acceptors (Lipinski definition) is 7. The second kappa shape index (κ2) is 16.4. The lowest BCUT2D eigenvalue weighted by atomic mass is 9.95. The van der Waals surface area contributed by atoms with Gasteiger partial charge in [-0.15, -0.1) is 0 Å². The highest BCUT2D eigenvalue weighted by Gasteiger charge is 2.28. The number of rotatable bonds is 15. The van der Waals surface area contributed by atoms with Crippen LogP contribution in [0.2, 0.25) is 0 Å². The topological polar surface area (TPSA) is 200 Å². The van der Waals surface area contributed by atoms with Crippen LogP contribution in [0.25, 0.3) is 0 Å². The van der Waals surface area contributed by atoms with E-state index in [4.69, 9.17) is 5.73 Å². The summed E-state index contributed by atoms with van der Waals surface area (Å²) in [6, 6.07) is 5.63. The van der Waals surface area contributed by atoms with E-state index in [1.165, 1.54) is 0 Å². The Bertz CT molecular complexity index is 1330. The largest absolute Gasteiger partial charge is 0.508 e. The van der Waals surface area contributed by atoms with Gasteiger partial charge in [0.25, 0.3) is 0 Å². The summed E-state index contributed by atoms with van der Waals surface area (Å²) >= 11 is 0. The number of benzene rings is 2. The fraction of sp³-hybridized carbons (Fsp3) is 0.469. The molecule has 0 fully saturated rings. The number of phenols is 1. The van der Waals surface area contributed by atoms with Gasteiger partial charge in [-0.2, -0.15) is 0 Å². The monoisotopic (exact) mass is 611 g/mol. The summed E-state index contributed by atoms with van der Waals surface area (Å²) in [5, 5.41) is 29.3. The molecule has 2 aromatic carbocycles. The Labute approximate surface area is 258 Å². The highest BCUT2D eigenvalue weighted by Crippen LogP contribution is 2.22. The highest BCUT2D eigenvalue weighted by molar-refractivity contribution is 5.93. The van der Waals surface area contributed by atoms with Crippen LogP contribution in [-0.2, 0) is 36.8 Å². The van der Waals surface area contributed by atoms with E-state index in [1.807, 2.05) is 45.9 Å². The molecule has 0 saturated heterocycles. The second-order valence-corrected chi connectivity index (χ2v) is 11.6. The van der Waals surface area contributed by atoms with Crippen molar-refractivity contribution < 1.29 is 34.2 Å². The number of amides is 4. The number of phenolic OH excluding ortho intramolecular Hbond substituents is 1. The molecule has 12 heteroatoms. The zero-order chi connectivity index (χ0) is 33.1. The van der Waals surface area contributed by atoms with E-state index in [-0.39, 0.29) is 30.9 Å². The van der Waals surface area contributed by atoms with Crippen molar-refractivity contribution in [2.24, 2.45) is 11.7 Å². The van der Waals surface area contributed by atoms with Gasteiger partial charge < -0.3 is 37.2 Å². The molecule has 0 aliphatic carbocycles. The number of aryl methyl sites for hydroxylation is 4. The first kappa shape index (κ1) is 35.7. The molecule has 0 aliphatic heterocycles. The third-order valence-corrected chi connectivity index (χ3v) is 7.34. The van der Waals surface area contributed by atoms with Crippen molar-refractivity contribution in [1.29, 1.82) is 0 Å². The molecule has 240 valence electrons. The number of hydrogen-bond donors (Lipinski definition) is 7. The van der Waals surface area contributed by atoms with Crippen molar-refractivity contribution in [1.82, 2.24) is 21.3 Å². The first-order chi connectivity index (χ1) is 20.6. The van der Waals surface area contributed by atoms with Crippen LogP contribution in [0.3, 0.4) is 0 Å². The molecule has 0 bridgehead atoms. The maximum absolute atomic E-state index is 13.2. The molecule has 3 atom stereocenters. The second-order valence-electron chi connectivity index (χ2n) is 11.6. The minimum atomic E-state index is -1.17. The lowest BCUT2D eigenvalue weighted by Gasteiger charge is -2.24. The standard InChI is InChI=1S/C32H45N5O7/c1-17(2)10-27(32(43)44)37-31(42)26(14-24-18(3)8-7-9-19(24)4)36-29(40)16-34-28(39)15-35-30(41)25(33)13-23-20(5)11-22(38)12-21(23)6/h7-9,11-12,17,25-27,38H,10,13-16,33H2,1-6H3,(H,34,39)(H,35,41)(H,36,40)(H,37,42)(H,43,44)/t25-,26+,27-/m0/s1.